The smallest absolute Gasteiger partial charge is 0.347 e. The van der Waals surface area contributed by atoms with Crippen LogP contribution >= 0.6 is 11.6 Å². The topological polar surface area (TPSA) is 88.4 Å². The van der Waals surface area contributed by atoms with Crippen molar-refractivity contribution in [1.29, 1.82) is 5.26 Å². The predicted molar refractivity (Wildman–Crippen MR) is 92.2 cm³/mol. The Bertz CT molecular complexity index is 849. The van der Waals surface area contributed by atoms with E-state index in [2.05, 4.69) is 5.32 Å². The highest BCUT2D eigenvalue weighted by molar-refractivity contribution is 6.33. The van der Waals surface area contributed by atoms with Crippen molar-refractivity contribution in [3.63, 3.8) is 0 Å². The van der Waals surface area contributed by atoms with Crippen molar-refractivity contribution >= 4 is 29.2 Å². The Labute approximate surface area is 154 Å². The van der Waals surface area contributed by atoms with E-state index in [4.69, 9.17) is 26.3 Å². The maximum absolute atomic E-state index is 13.0. The number of esters is 1. The van der Waals surface area contributed by atoms with E-state index in [1.165, 1.54) is 13.0 Å². The number of hydrogen-bond acceptors (Lipinski definition) is 5. The molecule has 0 saturated heterocycles. The van der Waals surface area contributed by atoms with E-state index in [9.17, 15) is 14.0 Å². The lowest BCUT2D eigenvalue weighted by Gasteiger charge is -2.14. The highest BCUT2D eigenvalue weighted by Crippen LogP contribution is 2.22. The van der Waals surface area contributed by atoms with Crippen LogP contribution in [0.1, 0.15) is 12.5 Å². The average molecular weight is 377 g/mol. The summed E-state index contributed by atoms with van der Waals surface area (Å²) in [7, 11) is 0. The van der Waals surface area contributed by atoms with Crippen LogP contribution in [0.3, 0.4) is 0 Å². The molecule has 0 aromatic heterocycles. The van der Waals surface area contributed by atoms with Gasteiger partial charge < -0.3 is 14.8 Å². The molecule has 1 amide bonds. The van der Waals surface area contributed by atoms with Crippen molar-refractivity contribution in [3.05, 3.63) is 58.9 Å². The molecule has 0 aliphatic heterocycles. The number of carbonyl (C=O) groups excluding carboxylic acids is 2. The summed E-state index contributed by atoms with van der Waals surface area (Å²) in [6, 6.07) is 11.7. The van der Waals surface area contributed by atoms with Gasteiger partial charge in [0.05, 0.1) is 22.3 Å². The SMILES string of the molecule is C[C@@H](Oc1ccc(C#N)cc1)C(=O)OCC(=O)Nc1ccc(F)cc1Cl. The molecular weight excluding hydrogens is 363 g/mol. The average Bonchev–Trinajstić information content (AvgIpc) is 2.62. The Morgan fingerprint density at radius 1 is 1.27 bits per heavy atom. The maximum atomic E-state index is 13.0. The van der Waals surface area contributed by atoms with Gasteiger partial charge in [-0.2, -0.15) is 5.26 Å². The van der Waals surface area contributed by atoms with Crippen LogP contribution in [0, 0.1) is 17.1 Å². The summed E-state index contributed by atoms with van der Waals surface area (Å²) < 4.78 is 23.2. The number of carbonyl (C=O) groups is 2. The molecule has 2 rings (SSSR count). The van der Waals surface area contributed by atoms with Crippen molar-refractivity contribution in [2.24, 2.45) is 0 Å². The van der Waals surface area contributed by atoms with Gasteiger partial charge in [-0.1, -0.05) is 11.6 Å². The van der Waals surface area contributed by atoms with E-state index in [-0.39, 0.29) is 10.7 Å². The van der Waals surface area contributed by atoms with E-state index in [0.717, 1.165) is 12.1 Å². The zero-order chi connectivity index (χ0) is 19.1. The number of amides is 1. The van der Waals surface area contributed by atoms with Crippen molar-refractivity contribution < 1.29 is 23.5 Å². The third-order valence-electron chi connectivity index (χ3n) is 3.18. The Hall–Kier alpha value is -3.11. The molecule has 0 bridgehead atoms. The summed E-state index contributed by atoms with van der Waals surface area (Å²) >= 11 is 5.80. The lowest BCUT2D eigenvalue weighted by Crippen LogP contribution is -2.29. The Kier molecular flexibility index (Phi) is 6.53. The van der Waals surface area contributed by atoms with Crippen LogP contribution in [0.5, 0.6) is 5.75 Å². The number of rotatable bonds is 6. The predicted octanol–water partition coefficient (Wildman–Crippen LogP) is 3.30. The summed E-state index contributed by atoms with van der Waals surface area (Å²) in [5, 5.41) is 11.2. The number of halogens is 2. The number of benzene rings is 2. The summed E-state index contributed by atoms with van der Waals surface area (Å²) in [4.78, 5) is 23.7. The third-order valence-corrected chi connectivity index (χ3v) is 3.49. The molecule has 0 saturated carbocycles. The van der Waals surface area contributed by atoms with Gasteiger partial charge in [0.1, 0.15) is 11.6 Å². The van der Waals surface area contributed by atoms with Gasteiger partial charge in [0.15, 0.2) is 12.7 Å². The first kappa shape index (κ1) is 19.2. The van der Waals surface area contributed by atoms with E-state index in [0.29, 0.717) is 11.3 Å². The Morgan fingerprint density at radius 2 is 1.96 bits per heavy atom. The molecule has 1 atom stereocenters. The molecule has 0 unspecified atom stereocenters. The van der Waals surface area contributed by atoms with Crippen LogP contribution in [0.15, 0.2) is 42.5 Å². The van der Waals surface area contributed by atoms with Gasteiger partial charge in [0.2, 0.25) is 0 Å². The first-order valence-corrected chi connectivity index (χ1v) is 7.85. The molecule has 134 valence electrons. The van der Waals surface area contributed by atoms with Gasteiger partial charge in [-0.05, 0) is 49.4 Å². The minimum atomic E-state index is -0.954. The maximum Gasteiger partial charge on any atom is 0.347 e. The molecule has 0 heterocycles. The number of anilines is 1. The lowest BCUT2D eigenvalue weighted by atomic mass is 10.2. The summed E-state index contributed by atoms with van der Waals surface area (Å²) in [5.41, 5.74) is 0.666. The second kappa shape index (κ2) is 8.83. The molecule has 0 aliphatic carbocycles. The molecule has 0 aliphatic rings. The molecule has 8 heteroatoms. The van der Waals surface area contributed by atoms with E-state index in [1.807, 2.05) is 6.07 Å². The van der Waals surface area contributed by atoms with Crippen LogP contribution < -0.4 is 10.1 Å². The molecule has 0 spiro atoms. The zero-order valence-electron chi connectivity index (χ0n) is 13.7. The lowest BCUT2D eigenvalue weighted by molar-refractivity contribution is -0.153. The molecule has 0 radical (unpaired) electrons. The first-order valence-electron chi connectivity index (χ1n) is 7.47. The fourth-order valence-electron chi connectivity index (χ4n) is 1.89. The highest BCUT2D eigenvalue weighted by Gasteiger charge is 2.18. The number of ether oxygens (including phenoxy) is 2. The molecule has 0 fully saturated rings. The fourth-order valence-corrected chi connectivity index (χ4v) is 2.11. The van der Waals surface area contributed by atoms with E-state index < -0.39 is 30.4 Å². The minimum absolute atomic E-state index is 0.0298. The second-order valence-electron chi connectivity index (χ2n) is 5.18. The zero-order valence-corrected chi connectivity index (χ0v) is 14.4. The van der Waals surface area contributed by atoms with Crippen LogP contribution in [0.2, 0.25) is 5.02 Å². The molecule has 2 aromatic rings. The van der Waals surface area contributed by atoms with Crippen molar-refractivity contribution in [2.75, 3.05) is 11.9 Å². The summed E-state index contributed by atoms with van der Waals surface area (Å²) in [6.45, 7) is 0.920. The van der Waals surface area contributed by atoms with Crippen molar-refractivity contribution in [2.45, 2.75) is 13.0 Å². The number of hydrogen-bond donors (Lipinski definition) is 1. The van der Waals surface area contributed by atoms with Gasteiger partial charge in [-0.25, -0.2) is 9.18 Å². The number of nitrogens with one attached hydrogen (secondary N) is 1. The largest absolute Gasteiger partial charge is 0.479 e. The Balaban J connectivity index is 1.82. The van der Waals surface area contributed by atoms with Gasteiger partial charge in [0.25, 0.3) is 5.91 Å². The molecule has 26 heavy (non-hydrogen) atoms. The van der Waals surface area contributed by atoms with Crippen molar-refractivity contribution in [3.8, 4) is 11.8 Å². The van der Waals surface area contributed by atoms with E-state index >= 15 is 0 Å². The van der Waals surface area contributed by atoms with Crippen LogP contribution in [-0.2, 0) is 14.3 Å². The van der Waals surface area contributed by atoms with Crippen LogP contribution in [-0.4, -0.2) is 24.6 Å². The monoisotopic (exact) mass is 376 g/mol. The standard InChI is InChI=1S/C18H14ClFN2O4/c1-11(26-14-5-2-12(9-21)3-6-14)18(24)25-10-17(23)22-16-7-4-13(20)8-15(16)19/h2-8,11H,10H2,1H3,(H,22,23)/t11-/m1/s1. The van der Waals surface area contributed by atoms with Crippen LogP contribution in [0.25, 0.3) is 0 Å². The Morgan fingerprint density at radius 3 is 2.58 bits per heavy atom. The van der Waals surface area contributed by atoms with Gasteiger partial charge in [0, 0.05) is 0 Å². The highest BCUT2D eigenvalue weighted by atomic mass is 35.5. The van der Waals surface area contributed by atoms with Gasteiger partial charge in [-0.3, -0.25) is 4.79 Å². The fraction of sp³-hybridized carbons (Fsp3) is 0.167. The quantitative estimate of drug-likeness (QED) is 0.781. The third kappa shape index (κ3) is 5.46. The first-order chi connectivity index (χ1) is 12.4. The molecule has 2 aromatic carbocycles. The number of nitriles is 1. The summed E-state index contributed by atoms with van der Waals surface area (Å²) in [5.74, 6) is -1.52. The number of nitrogens with zero attached hydrogens (tertiary/aromatic N) is 1. The summed E-state index contributed by atoms with van der Waals surface area (Å²) in [6.07, 6.45) is -0.954. The van der Waals surface area contributed by atoms with E-state index in [1.54, 1.807) is 24.3 Å². The molecular formula is C18H14ClFN2O4. The minimum Gasteiger partial charge on any atom is -0.479 e. The molecule has 1 N–H and O–H groups in total. The molecule has 6 nitrogen and oxygen atoms in total. The van der Waals surface area contributed by atoms with Crippen LogP contribution in [0.4, 0.5) is 10.1 Å². The van der Waals surface area contributed by atoms with Gasteiger partial charge in [-0.15, -0.1) is 0 Å². The van der Waals surface area contributed by atoms with Crippen molar-refractivity contribution in [1.82, 2.24) is 0 Å². The normalized spacial score (nSPS) is 11.2. The second-order valence-corrected chi connectivity index (χ2v) is 5.58. The van der Waals surface area contributed by atoms with Gasteiger partial charge >= 0.3 is 5.97 Å².